The topological polar surface area (TPSA) is 47.1 Å². The number of rotatable bonds is 16. The molecule has 206 valence electrons. The smallest absolute Gasteiger partial charge is 0.411 e. The molecule has 0 saturated heterocycles. The summed E-state index contributed by atoms with van der Waals surface area (Å²) in [5.41, 5.74) is 7.11. The van der Waals surface area contributed by atoms with Gasteiger partial charge in [0, 0.05) is 5.69 Å². The molecule has 1 aromatic heterocycles. The van der Waals surface area contributed by atoms with Crippen LogP contribution >= 0.6 is 0 Å². The van der Waals surface area contributed by atoms with Gasteiger partial charge in [-0.3, -0.25) is 5.32 Å². The monoisotopic (exact) mass is 518 g/mol. The number of hydrogen-bond donors (Lipinski definition) is 1. The van der Waals surface area contributed by atoms with Gasteiger partial charge in [-0.2, -0.15) is 0 Å². The highest BCUT2D eigenvalue weighted by Crippen LogP contribution is 2.15. The number of carbonyl (C=O) groups excluding carboxylic acids is 1. The van der Waals surface area contributed by atoms with Gasteiger partial charge in [-0.25, -0.2) is 13.9 Å². The van der Waals surface area contributed by atoms with E-state index in [0.29, 0.717) is 6.61 Å². The SMILES string of the molecule is Cc1cc(C)cc(C[n+]2ccn(CCCCCCCCCCCCOC(=O)Nc3cc(C)cc(C)c3)c2)c1. The zero-order chi connectivity index (χ0) is 27.2. The minimum atomic E-state index is -0.358. The standard InChI is InChI=1S/C33H47N3O2/c1-27-19-28(2)22-31(21-27)25-36-17-16-35(26-36)15-13-11-9-7-5-6-8-10-12-14-18-38-33(37)34-32-23-29(3)20-30(4)24-32/h16-17,19-24,26H,5-15,18,25H2,1-4H3/p+1. The third-order valence-corrected chi connectivity index (χ3v) is 6.90. The largest absolute Gasteiger partial charge is 0.449 e. The second-order valence-corrected chi connectivity index (χ2v) is 11.0. The quantitative estimate of drug-likeness (QED) is 0.153. The third kappa shape index (κ3) is 11.5. The Labute approximate surface area is 230 Å². The number of imidazole rings is 1. The molecular formula is C33H48N3O2+. The Bertz CT molecular complexity index is 1090. The van der Waals surface area contributed by atoms with Gasteiger partial charge in [-0.05, 0) is 75.8 Å². The van der Waals surface area contributed by atoms with E-state index in [9.17, 15) is 4.79 Å². The summed E-state index contributed by atoms with van der Waals surface area (Å²) in [4.78, 5) is 12.0. The molecule has 1 N–H and O–H groups in total. The molecule has 38 heavy (non-hydrogen) atoms. The first kappa shape index (κ1) is 29.5. The van der Waals surface area contributed by atoms with Gasteiger partial charge in [0.05, 0.1) is 13.2 Å². The molecular weight excluding hydrogens is 470 g/mol. The molecule has 0 bridgehead atoms. The molecule has 0 spiro atoms. The van der Waals surface area contributed by atoms with Crippen molar-refractivity contribution in [2.45, 2.75) is 105 Å². The van der Waals surface area contributed by atoms with Crippen LogP contribution in [0.15, 0.2) is 55.1 Å². The van der Waals surface area contributed by atoms with E-state index in [1.165, 1.54) is 68.1 Å². The van der Waals surface area contributed by atoms with E-state index in [0.717, 1.165) is 42.7 Å². The molecule has 0 fully saturated rings. The summed E-state index contributed by atoms with van der Waals surface area (Å²) in [5, 5.41) is 2.82. The van der Waals surface area contributed by atoms with Crippen molar-refractivity contribution in [3.8, 4) is 0 Å². The lowest BCUT2D eigenvalue weighted by Gasteiger charge is -2.08. The third-order valence-electron chi connectivity index (χ3n) is 6.90. The fourth-order valence-corrected chi connectivity index (χ4v) is 5.21. The summed E-state index contributed by atoms with van der Waals surface area (Å²) < 4.78 is 9.92. The van der Waals surface area contributed by atoms with E-state index >= 15 is 0 Å². The van der Waals surface area contributed by atoms with Crippen LogP contribution in [0.25, 0.3) is 0 Å². The lowest BCUT2D eigenvalue weighted by atomic mass is 10.1. The highest BCUT2D eigenvalue weighted by Gasteiger charge is 2.06. The number of hydrogen-bond acceptors (Lipinski definition) is 2. The zero-order valence-electron chi connectivity index (χ0n) is 24.1. The summed E-state index contributed by atoms with van der Waals surface area (Å²) in [6, 6.07) is 12.8. The van der Waals surface area contributed by atoms with Crippen LogP contribution in [0.1, 0.15) is 92.0 Å². The first-order valence-corrected chi connectivity index (χ1v) is 14.5. The van der Waals surface area contributed by atoms with Crippen LogP contribution in [-0.2, 0) is 17.8 Å². The molecule has 0 saturated carbocycles. The Hall–Kier alpha value is -3.08. The highest BCUT2D eigenvalue weighted by molar-refractivity contribution is 5.84. The maximum Gasteiger partial charge on any atom is 0.411 e. The Kier molecular flexibility index (Phi) is 12.4. The Balaban J connectivity index is 1.12. The number of nitrogens with zero attached hydrogens (tertiary/aromatic N) is 2. The number of ether oxygens (including phenoxy) is 1. The Morgan fingerprint density at radius 1 is 0.737 bits per heavy atom. The maximum atomic E-state index is 12.0. The molecule has 1 amide bonds. The van der Waals surface area contributed by atoms with E-state index < -0.39 is 0 Å². The molecule has 5 heteroatoms. The summed E-state index contributed by atoms with van der Waals surface area (Å²) in [5.74, 6) is 0. The Morgan fingerprint density at radius 3 is 1.87 bits per heavy atom. The lowest BCUT2D eigenvalue weighted by molar-refractivity contribution is -0.687. The van der Waals surface area contributed by atoms with E-state index in [1.54, 1.807) is 0 Å². The fourth-order valence-electron chi connectivity index (χ4n) is 5.21. The van der Waals surface area contributed by atoms with E-state index in [4.69, 9.17) is 4.74 Å². The van der Waals surface area contributed by atoms with Crippen LogP contribution in [0.5, 0.6) is 0 Å². The Morgan fingerprint density at radius 2 is 1.26 bits per heavy atom. The van der Waals surface area contributed by atoms with Crippen LogP contribution in [0.3, 0.4) is 0 Å². The van der Waals surface area contributed by atoms with Gasteiger partial charge in [0.1, 0.15) is 18.9 Å². The summed E-state index contributed by atoms with van der Waals surface area (Å²) in [7, 11) is 0. The molecule has 0 aliphatic heterocycles. The number of nitrogens with one attached hydrogen (secondary N) is 1. The zero-order valence-corrected chi connectivity index (χ0v) is 24.1. The molecule has 2 aromatic carbocycles. The fraction of sp³-hybridized carbons (Fsp3) is 0.515. The number of aryl methyl sites for hydroxylation is 5. The first-order valence-electron chi connectivity index (χ1n) is 14.5. The normalized spacial score (nSPS) is 11.1. The summed E-state index contributed by atoms with van der Waals surface area (Å²) in [6.07, 6.45) is 18.7. The molecule has 5 nitrogen and oxygen atoms in total. The van der Waals surface area contributed by atoms with Crippen molar-refractivity contribution < 1.29 is 14.1 Å². The van der Waals surface area contributed by atoms with Crippen LogP contribution in [0, 0.1) is 27.7 Å². The molecule has 0 radical (unpaired) electrons. The highest BCUT2D eigenvalue weighted by atomic mass is 16.5. The molecule has 0 atom stereocenters. The summed E-state index contributed by atoms with van der Waals surface area (Å²) in [6.45, 7) is 10.9. The van der Waals surface area contributed by atoms with Crippen LogP contribution in [0.2, 0.25) is 0 Å². The first-order chi connectivity index (χ1) is 18.4. The maximum absolute atomic E-state index is 12.0. The van der Waals surface area contributed by atoms with Gasteiger partial charge >= 0.3 is 6.09 Å². The van der Waals surface area contributed by atoms with Crippen LogP contribution < -0.4 is 9.88 Å². The number of benzene rings is 2. The van der Waals surface area contributed by atoms with Gasteiger partial charge in [-0.1, -0.05) is 80.3 Å². The van der Waals surface area contributed by atoms with E-state index in [1.807, 2.05) is 26.0 Å². The molecule has 3 aromatic rings. The van der Waals surface area contributed by atoms with Crippen molar-refractivity contribution in [3.05, 3.63) is 82.9 Å². The molecule has 0 unspecified atom stereocenters. The van der Waals surface area contributed by atoms with Gasteiger partial charge in [0.25, 0.3) is 0 Å². The molecule has 3 rings (SSSR count). The average molecular weight is 519 g/mol. The van der Waals surface area contributed by atoms with Crippen molar-refractivity contribution >= 4 is 11.8 Å². The van der Waals surface area contributed by atoms with Crippen molar-refractivity contribution in [1.29, 1.82) is 0 Å². The van der Waals surface area contributed by atoms with Crippen LogP contribution in [0.4, 0.5) is 10.5 Å². The van der Waals surface area contributed by atoms with Crippen molar-refractivity contribution in [1.82, 2.24) is 4.57 Å². The predicted octanol–water partition coefficient (Wildman–Crippen LogP) is 8.21. The second-order valence-electron chi connectivity index (χ2n) is 11.0. The minimum Gasteiger partial charge on any atom is -0.449 e. The number of aromatic nitrogens is 2. The molecule has 1 heterocycles. The predicted molar refractivity (Wildman–Crippen MR) is 157 cm³/mol. The number of carbonyl (C=O) groups is 1. The van der Waals surface area contributed by atoms with Crippen molar-refractivity contribution in [3.63, 3.8) is 0 Å². The molecule has 0 aliphatic carbocycles. The van der Waals surface area contributed by atoms with Crippen LogP contribution in [-0.4, -0.2) is 17.3 Å². The van der Waals surface area contributed by atoms with E-state index in [-0.39, 0.29) is 6.09 Å². The number of anilines is 1. The summed E-state index contributed by atoms with van der Waals surface area (Å²) >= 11 is 0. The van der Waals surface area contributed by atoms with Crippen molar-refractivity contribution in [2.24, 2.45) is 0 Å². The molecule has 0 aliphatic rings. The van der Waals surface area contributed by atoms with Gasteiger partial charge in [0.2, 0.25) is 6.33 Å². The average Bonchev–Trinajstić information content (AvgIpc) is 3.27. The number of unbranched alkanes of at least 4 members (excludes halogenated alkanes) is 9. The number of amides is 1. The van der Waals surface area contributed by atoms with Gasteiger partial charge in [-0.15, -0.1) is 0 Å². The van der Waals surface area contributed by atoms with Gasteiger partial charge < -0.3 is 4.74 Å². The van der Waals surface area contributed by atoms with E-state index in [2.05, 4.69) is 71.3 Å². The second kappa shape index (κ2) is 16.0. The van der Waals surface area contributed by atoms with Gasteiger partial charge in [0.15, 0.2) is 0 Å². The van der Waals surface area contributed by atoms with Crippen molar-refractivity contribution in [2.75, 3.05) is 11.9 Å². The lowest BCUT2D eigenvalue weighted by Crippen LogP contribution is -2.31. The minimum absolute atomic E-state index is 0.358.